The summed E-state index contributed by atoms with van der Waals surface area (Å²) in [6.07, 6.45) is 0. The zero-order valence-corrected chi connectivity index (χ0v) is 16.3. The Labute approximate surface area is 164 Å². The fourth-order valence-corrected chi connectivity index (χ4v) is 3.29. The van der Waals surface area contributed by atoms with E-state index in [1.165, 1.54) is 0 Å². The highest BCUT2D eigenvalue weighted by Crippen LogP contribution is 2.29. The van der Waals surface area contributed by atoms with Crippen LogP contribution in [0.1, 0.15) is 5.56 Å². The molecule has 3 rings (SSSR count). The van der Waals surface area contributed by atoms with Crippen LogP contribution in [0.2, 0.25) is 5.02 Å². The number of carbonyl (C=O) groups is 1. The van der Waals surface area contributed by atoms with Crippen LogP contribution in [0, 0.1) is 0 Å². The molecule has 0 bridgehead atoms. The Morgan fingerprint density at radius 3 is 2.41 bits per heavy atom. The number of benzene rings is 2. The van der Waals surface area contributed by atoms with Gasteiger partial charge in [0.2, 0.25) is 0 Å². The second kappa shape index (κ2) is 8.97. The summed E-state index contributed by atoms with van der Waals surface area (Å²) in [5.74, 6) is 1.21. The van der Waals surface area contributed by atoms with Gasteiger partial charge in [-0.25, -0.2) is 4.79 Å². The lowest BCUT2D eigenvalue weighted by molar-refractivity contribution is 0.143. The molecule has 27 heavy (non-hydrogen) atoms. The first-order chi connectivity index (χ1) is 13.1. The largest absolute Gasteiger partial charge is 0.493 e. The van der Waals surface area contributed by atoms with E-state index in [-0.39, 0.29) is 6.03 Å². The number of anilines is 1. The number of urea groups is 1. The molecule has 0 saturated carbocycles. The second-order valence-corrected chi connectivity index (χ2v) is 6.76. The quantitative estimate of drug-likeness (QED) is 0.847. The van der Waals surface area contributed by atoms with Crippen molar-refractivity contribution in [2.45, 2.75) is 6.54 Å². The number of rotatable bonds is 5. The number of hydrogen-bond acceptors (Lipinski definition) is 4. The zero-order valence-electron chi connectivity index (χ0n) is 15.6. The molecule has 0 unspecified atom stereocenters. The highest BCUT2D eigenvalue weighted by molar-refractivity contribution is 6.31. The van der Waals surface area contributed by atoms with E-state index in [1.54, 1.807) is 32.4 Å². The van der Waals surface area contributed by atoms with Gasteiger partial charge < -0.3 is 19.7 Å². The Morgan fingerprint density at radius 2 is 1.74 bits per heavy atom. The molecule has 6 nitrogen and oxygen atoms in total. The van der Waals surface area contributed by atoms with Crippen LogP contribution < -0.4 is 14.8 Å². The van der Waals surface area contributed by atoms with Gasteiger partial charge in [0.25, 0.3) is 0 Å². The van der Waals surface area contributed by atoms with Gasteiger partial charge >= 0.3 is 6.03 Å². The number of halogens is 1. The lowest BCUT2D eigenvalue weighted by atomic mass is 10.2. The molecule has 0 aliphatic carbocycles. The van der Waals surface area contributed by atoms with Gasteiger partial charge in [-0.1, -0.05) is 29.8 Å². The van der Waals surface area contributed by atoms with Crippen LogP contribution in [0.15, 0.2) is 42.5 Å². The zero-order chi connectivity index (χ0) is 19.2. The summed E-state index contributed by atoms with van der Waals surface area (Å²) in [6, 6.07) is 13.1. The van der Waals surface area contributed by atoms with Gasteiger partial charge in [0.15, 0.2) is 11.5 Å². The number of amides is 2. The minimum Gasteiger partial charge on any atom is -0.493 e. The van der Waals surface area contributed by atoms with E-state index >= 15 is 0 Å². The van der Waals surface area contributed by atoms with Crippen molar-refractivity contribution in [1.29, 1.82) is 0 Å². The van der Waals surface area contributed by atoms with Crippen molar-refractivity contribution in [2.24, 2.45) is 0 Å². The van der Waals surface area contributed by atoms with Gasteiger partial charge in [0.05, 0.1) is 14.2 Å². The molecule has 1 aliphatic rings. The maximum Gasteiger partial charge on any atom is 0.321 e. The van der Waals surface area contributed by atoms with Crippen LogP contribution in [0.25, 0.3) is 0 Å². The molecule has 0 radical (unpaired) electrons. The Morgan fingerprint density at radius 1 is 1.04 bits per heavy atom. The van der Waals surface area contributed by atoms with Crippen LogP contribution in [0.3, 0.4) is 0 Å². The van der Waals surface area contributed by atoms with E-state index in [2.05, 4.69) is 10.2 Å². The third kappa shape index (κ3) is 4.84. The molecular weight excluding hydrogens is 366 g/mol. The summed E-state index contributed by atoms with van der Waals surface area (Å²) >= 11 is 6.24. The predicted octanol–water partition coefficient (Wildman–Crippen LogP) is 3.71. The molecule has 1 fully saturated rings. The molecular formula is C20H24ClN3O3. The number of nitrogens with one attached hydrogen (secondary N) is 1. The SMILES string of the molecule is COc1ccc(NC(=O)N2CCN(Cc3ccccc3Cl)CC2)cc1OC. The Bertz CT molecular complexity index is 792. The molecule has 2 aromatic carbocycles. The standard InChI is InChI=1S/C20H24ClN3O3/c1-26-18-8-7-16(13-19(18)27-2)22-20(25)24-11-9-23(10-12-24)14-15-5-3-4-6-17(15)21/h3-8,13H,9-12,14H2,1-2H3,(H,22,25). The van der Waals surface area contributed by atoms with Gasteiger partial charge in [0, 0.05) is 49.5 Å². The molecule has 0 atom stereocenters. The summed E-state index contributed by atoms with van der Waals surface area (Å²) in [5.41, 5.74) is 1.79. The van der Waals surface area contributed by atoms with Crippen LogP contribution in [0.5, 0.6) is 11.5 Å². The minimum atomic E-state index is -0.111. The molecule has 144 valence electrons. The molecule has 0 aromatic heterocycles. The van der Waals surface area contributed by atoms with Crippen molar-refractivity contribution in [1.82, 2.24) is 9.80 Å². The molecule has 2 aromatic rings. The van der Waals surface area contributed by atoms with Crippen LogP contribution in [-0.4, -0.2) is 56.2 Å². The summed E-state index contributed by atoms with van der Waals surface area (Å²) in [5, 5.41) is 3.71. The molecule has 7 heteroatoms. The molecule has 1 heterocycles. The van der Waals surface area contributed by atoms with Crippen molar-refractivity contribution in [3.63, 3.8) is 0 Å². The number of hydrogen-bond donors (Lipinski definition) is 1. The minimum absolute atomic E-state index is 0.111. The fraction of sp³-hybridized carbons (Fsp3) is 0.350. The van der Waals surface area contributed by atoms with E-state index in [1.807, 2.05) is 29.2 Å². The topological polar surface area (TPSA) is 54.0 Å². The van der Waals surface area contributed by atoms with Crippen LogP contribution in [0.4, 0.5) is 10.5 Å². The van der Waals surface area contributed by atoms with E-state index in [0.717, 1.165) is 30.2 Å². The fourth-order valence-electron chi connectivity index (χ4n) is 3.09. The maximum atomic E-state index is 12.5. The maximum absolute atomic E-state index is 12.5. The normalized spacial score (nSPS) is 14.7. The molecule has 2 amide bonds. The molecule has 1 saturated heterocycles. The summed E-state index contributed by atoms with van der Waals surface area (Å²) < 4.78 is 10.5. The Kier molecular flexibility index (Phi) is 6.42. The molecule has 0 spiro atoms. The Hall–Kier alpha value is -2.44. The van der Waals surface area contributed by atoms with Crippen molar-refractivity contribution in [2.75, 3.05) is 45.7 Å². The first-order valence-electron chi connectivity index (χ1n) is 8.84. The highest BCUT2D eigenvalue weighted by atomic mass is 35.5. The summed E-state index contributed by atoms with van der Waals surface area (Å²) in [4.78, 5) is 16.7. The predicted molar refractivity (Wildman–Crippen MR) is 107 cm³/mol. The number of ether oxygens (including phenoxy) is 2. The van der Waals surface area contributed by atoms with Gasteiger partial charge in [-0.3, -0.25) is 4.90 Å². The first kappa shape index (κ1) is 19.3. The van der Waals surface area contributed by atoms with Crippen LogP contribution >= 0.6 is 11.6 Å². The smallest absolute Gasteiger partial charge is 0.321 e. The first-order valence-corrected chi connectivity index (χ1v) is 9.22. The van der Waals surface area contributed by atoms with Gasteiger partial charge in [-0.2, -0.15) is 0 Å². The van der Waals surface area contributed by atoms with Crippen molar-refractivity contribution < 1.29 is 14.3 Å². The second-order valence-electron chi connectivity index (χ2n) is 6.35. The number of piperazine rings is 1. The third-order valence-electron chi connectivity index (χ3n) is 4.65. The van der Waals surface area contributed by atoms with E-state index in [9.17, 15) is 4.79 Å². The average molecular weight is 390 g/mol. The molecule has 1 N–H and O–H groups in total. The monoisotopic (exact) mass is 389 g/mol. The van der Waals surface area contributed by atoms with Crippen molar-refractivity contribution >= 4 is 23.3 Å². The molecule has 1 aliphatic heterocycles. The average Bonchev–Trinajstić information content (AvgIpc) is 2.70. The highest BCUT2D eigenvalue weighted by Gasteiger charge is 2.22. The third-order valence-corrected chi connectivity index (χ3v) is 5.01. The number of methoxy groups -OCH3 is 2. The van der Waals surface area contributed by atoms with Gasteiger partial charge in [-0.15, -0.1) is 0 Å². The van der Waals surface area contributed by atoms with Gasteiger partial charge in [0.1, 0.15) is 0 Å². The number of carbonyl (C=O) groups excluding carboxylic acids is 1. The van der Waals surface area contributed by atoms with Crippen molar-refractivity contribution in [3.05, 3.63) is 53.1 Å². The van der Waals surface area contributed by atoms with E-state index in [0.29, 0.717) is 30.3 Å². The lowest BCUT2D eigenvalue weighted by Crippen LogP contribution is -2.49. The van der Waals surface area contributed by atoms with Crippen LogP contribution in [-0.2, 0) is 6.54 Å². The number of nitrogens with zero attached hydrogens (tertiary/aromatic N) is 2. The summed E-state index contributed by atoms with van der Waals surface area (Å²) in [6.45, 7) is 3.76. The Balaban J connectivity index is 1.53. The van der Waals surface area contributed by atoms with Gasteiger partial charge in [-0.05, 0) is 23.8 Å². The van der Waals surface area contributed by atoms with Crippen molar-refractivity contribution in [3.8, 4) is 11.5 Å². The van der Waals surface area contributed by atoms with E-state index in [4.69, 9.17) is 21.1 Å². The van der Waals surface area contributed by atoms with E-state index < -0.39 is 0 Å². The summed E-state index contributed by atoms with van der Waals surface area (Å²) in [7, 11) is 3.15. The lowest BCUT2D eigenvalue weighted by Gasteiger charge is -2.34.